The Bertz CT molecular complexity index is 650. The molecule has 0 saturated carbocycles. The summed E-state index contributed by atoms with van der Waals surface area (Å²) in [5, 5.41) is 0. The molecule has 4 rings (SSSR count). The molecule has 0 atom stereocenters. The van der Waals surface area contributed by atoms with Gasteiger partial charge in [-0.3, -0.25) is 0 Å². The van der Waals surface area contributed by atoms with Gasteiger partial charge < -0.3 is 24.8 Å². The summed E-state index contributed by atoms with van der Waals surface area (Å²) < 4.78 is 0. The molecule has 2 aliphatic carbocycles. The Morgan fingerprint density at radius 1 is 0.719 bits per heavy atom. The molecule has 0 heterocycles. The van der Waals surface area contributed by atoms with Gasteiger partial charge in [-0.2, -0.15) is 45.5 Å². The topological polar surface area (TPSA) is 0 Å². The summed E-state index contributed by atoms with van der Waals surface area (Å²) in [6.45, 7) is 9.15. The van der Waals surface area contributed by atoms with Crippen LogP contribution in [0.25, 0.3) is 0 Å². The van der Waals surface area contributed by atoms with Gasteiger partial charge in [-0.15, -0.1) is 0 Å². The molecule has 32 heavy (non-hydrogen) atoms. The van der Waals surface area contributed by atoms with Crippen LogP contribution in [0.2, 0.25) is 13.1 Å². The van der Waals surface area contributed by atoms with Gasteiger partial charge in [-0.25, -0.2) is 12.1 Å². The van der Waals surface area contributed by atoms with Crippen molar-refractivity contribution in [3.8, 4) is 0 Å². The molecule has 0 amide bonds. The fraction of sp³-hybridized carbons (Fsp3) is 0.643. The Labute approximate surface area is 226 Å². The van der Waals surface area contributed by atoms with Crippen molar-refractivity contribution in [3.63, 3.8) is 0 Å². The molecular weight excluding hydrogens is 527 g/mol. The summed E-state index contributed by atoms with van der Waals surface area (Å²) in [5.74, 6) is 0. The summed E-state index contributed by atoms with van der Waals surface area (Å²) in [6.07, 6.45) is 18.9. The van der Waals surface area contributed by atoms with E-state index >= 15 is 0 Å². The average molecular weight is 571 g/mol. The first-order chi connectivity index (χ1) is 14.5. The Hall–Kier alpha value is 0.380. The normalized spacial score (nSPS) is 13.7. The molecule has 4 heteroatoms. The van der Waals surface area contributed by atoms with Crippen LogP contribution >= 0.6 is 0 Å². The molecule has 0 aliphatic heterocycles. The second-order valence-electron chi connectivity index (χ2n) is 9.45. The van der Waals surface area contributed by atoms with Crippen molar-refractivity contribution < 1.29 is 48.1 Å². The maximum Gasteiger partial charge on any atom is -1.00 e. The summed E-state index contributed by atoms with van der Waals surface area (Å²) in [7, 11) is 0. The number of halogens is 2. The average Bonchev–Trinajstić information content (AvgIpc) is 3.33. The minimum absolute atomic E-state index is 0. The van der Waals surface area contributed by atoms with E-state index in [1.807, 2.05) is 0 Å². The predicted octanol–water partition coefficient (Wildman–Crippen LogP) is 2.05. The molecule has 0 saturated heterocycles. The predicted molar refractivity (Wildman–Crippen MR) is 132 cm³/mol. The fourth-order valence-electron chi connectivity index (χ4n) is 4.59. The van der Waals surface area contributed by atoms with E-state index in [2.05, 4.69) is 51.2 Å². The second-order valence-corrected chi connectivity index (χ2v) is 18.8. The summed E-state index contributed by atoms with van der Waals surface area (Å²) in [4.78, 5) is 0. The van der Waals surface area contributed by atoms with Crippen LogP contribution in [0.15, 0.2) is 24.3 Å². The van der Waals surface area contributed by atoms with Crippen LogP contribution < -0.4 is 24.8 Å². The van der Waals surface area contributed by atoms with Gasteiger partial charge in [0.05, 0.1) is 0 Å². The molecular formula is C28H44Cl2SiZr-2. The Balaban J connectivity index is 0.000000490. The van der Waals surface area contributed by atoms with Gasteiger partial charge in [0.15, 0.2) is 0 Å². The van der Waals surface area contributed by atoms with E-state index in [1.165, 1.54) is 89.9 Å². The number of hydrogen-bond donors (Lipinski definition) is 0. The minimum atomic E-state index is 0. The number of unbranched alkanes of at least 4 members (excludes halogenated alkanes) is 2. The van der Waals surface area contributed by atoms with E-state index in [-0.39, 0.29) is 30.2 Å². The minimum Gasteiger partial charge on any atom is -1.00 e. The van der Waals surface area contributed by atoms with Crippen molar-refractivity contribution in [2.45, 2.75) is 117 Å². The molecule has 0 spiro atoms. The van der Waals surface area contributed by atoms with E-state index in [0.29, 0.717) is 0 Å². The Morgan fingerprint density at radius 3 is 1.38 bits per heavy atom. The van der Waals surface area contributed by atoms with Gasteiger partial charge in [-0.1, -0.05) is 104 Å². The van der Waals surface area contributed by atoms with Crippen molar-refractivity contribution >= 4 is 5.43 Å². The molecule has 180 valence electrons. The third-order valence-electron chi connectivity index (χ3n) is 6.19. The van der Waals surface area contributed by atoms with E-state index in [1.54, 1.807) is 56.7 Å². The first-order valence-electron chi connectivity index (χ1n) is 12.6. The van der Waals surface area contributed by atoms with Crippen molar-refractivity contribution in [1.29, 1.82) is 0 Å². The summed E-state index contributed by atoms with van der Waals surface area (Å²) in [6, 6.07) is 9.79. The zero-order chi connectivity index (χ0) is 21.8. The third-order valence-corrected chi connectivity index (χ3v) is 6.19. The maximum absolute atomic E-state index is 2.45. The van der Waals surface area contributed by atoms with Crippen LogP contribution in [0, 0.1) is 0 Å². The summed E-state index contributed by atoms with van der Waals surface area (Å²) >= 11 is 1.74. The number of aryl methyl sites for hydroxylation is 6. The number of rotatable bonds is 6. The van der Waals surface area contributed by atoms with E-state index in [4.69, 9.17) is 0 Å². The van der Waals surface area contributed by atoms with Crippen LogP contribution in [0.3, 0.4) is 0 Å². The van der Waals surface area contributed by atoms with Gasteiger partial charge in [-0.05, 0) is 0 Å². The van der Waals surface area contributed by atoms with E-state index in [9.17, 15) is 0 Å². The molecule has 2 aliphatic rings. The quantitative estimate of drug-likeness (QED) is 0.369. The molecule has 0 bridgehead atoms. The standard InChI is InChI=1S/2C13H19.C2H6Si.2ClH.Zr/c2*1-2-3-6-11-9-12-7-4-5-8-13(12)10-11;1-3-2;;;/h2*9-10H,2-8H2,1H3;1-2H3;2*1H;/q2*-1;;;;+2/p-2. The second kappa shape index (κ2) is 18.7. The monoisotopic (exact) mass is 568 g/mol. The van der Waals surface area contributed by atoms with Crippen molar-refractivity contribution in [2.24, 2.45) is 0 Å². The number of fused-ring (bicyclic) bond motifs is 2. The van der Waals surface area contributed by atoms with E-state index < -0.39 is 0 Å². The van der Waals surface area contributed by atoms with Gasteiger partial charge in [0.1, 0.15) is 0 Å². The zero-order valence-corrected chi connectivity index (χ0v) is 25.9. The zero-order valence-electron chi connectivity index (χ0n) is 21.0. The van der Waals surface area contributed by atoms with Gasteiger partial charge >= 0.3 is 41.9 Å². The molecule has 0 nitrogen and oxygen atoms in total. The van der Waals surface area contributed by atoms with Crippen LogP contribution in [0.4, 0.5) is 0 Å². The summed E-state index contributed by atoms with van der Waals surface area (Å²) in [5.41, 5.74) is 9.99. The van der Waals surface area contributed by atoms with Gasteiger partial charge in [0, 0.05) is 0 Å². The maximum atomic E-state index is 2.45. The molecule has 2 aromatic carbocycles. The largest absolute Gasteiger partial charge is 1.00 e. The molecule has 0 radical (unpaired) electrons. The van der Waals surface area contributed by atoms with Gasteiger partial charge in [0.25, 0.3) is 0 Å². The molecule has 2 aromatic rings. The molecule has 0 unspecified atom stereocenters. The van der Waals surface area contributed by atoms with Crippen molar-refractivity contribution in [1.82, 2.24) is 0 Å². The van der Waals surface area contributed by atoms with Gasteiger partial charge in [0.2, 0.25) is 0 Å². The Kier molecular flexibility index (Phi) is 18.9. The first-order valence-corrected chi connectivity index (χ1v) is 18.8. The SMILES string of the molecule is CCCCc1cc2c([cH-]1)CCCC2.CCCCc1cc2c([cH-]1)CCCC2.C[Si](C)=[Zr+2].[Cl-].[Cl-]. The van der Waals surface area contributed by atoms with Crippen molar-refractivity contribution in [2.75, 3.05) is 0 Å². The molecule has 0 fully saturated rings. The van der Waals surface area contributed by atoms with Crippen LogP contribution in [-0.2, 0) is 61.9 Å². The Morgan fingerprint density at radius 2 is 1.06 bits per heavy atom. The molecule has 0 aromatic heterocycles. The smallest absolute Gasteiger partial charge is 1.00 e. The van der Waals surface area contributed by atoms with Crippen LogP contribution in [-0.4, -0.2) is 5.43 Å². The first kappa shape index (κ1) is 32.4. The van der Waals surface area contributed by atoms with E-state index in [0.717, 1.165) is 0 Å². The number of hydrogen-bond acceptors (Lipinski definition) is 0. The molecule has 0 N–H and O–H groups in total. The van der Waals surface area contributed by atoms with Crippen molar-refractivity contribution in [3.05, 3.63) is 57.6 Å². The van der Waals surface area contributed by atoms with Crippen LogP contribution in [0.1, 0.15) is 98.6 Å². The third kappa shape index (κ3) is 12.2. The van der Waals surface area contributed by atoms with Crippen LogP contribution in [0.5, 0.6) is 0 Å². The fourth-order valence-corrected chi connectivity index (χ4v) is 4.59.